The first kappa shape index (κ1) is 22.5. The molecule has 0 unspecified atom stereocenters. The largest absolute Gasteiger partial charge is 0.462 e. The summed E-state index contributed by atoms with van der Waals surface area (Å²) in [6.07, 6.45) is 0.0718. The van der Waals surface area contributed by atoms with Gasteiger partial charge in [0.15, 0.2) is 0 Å². The van der Waals surface area contributed by atoms with E-state index in [1.165, 1.54) is 11.3 Å². The maximum atomic E-state index is 13.3. The molecule has 6 rings (SSSR count). The minimum absolute atomic E-state index is 0.0141. The lowest BCUT2D eigenvalue weighted by molar-refractivity contribution is -0.118. The fraction of sp³-hybridized carbons (Fsp3) is 0.0690. The maximum Gasteiger partial charge on any atom is 0.338 e. The number of esters is 1. The van der Waals surface area contributed by atoms with Crippen molar-refractivity contribution in [2.45, 2.75) is 16.2 Å². The number of aromatic nitrogens is 1. The molecule has 0 spiro atoms. The maximum absolute atomic E-state index is 13.3. The summed E-state index contributed by atoms with van der Waals surface area (Å²) < 4.78 is 6.64. The van der Waals surface area contributed by atoms with Crippen molar-refractivity contribution in [3.63, 3.8) is 0 Å². The minimum Gasteiger partial charge on any atom is -0.462 e. The molecule has 0 bridgehead atoms. The molecule has 36 heavy (non-hydrogen) atoms. The Bertz CT molecular complexity index is 1530. The molecule has 0 atom stereocenters. The van der Waals surface area contributed by atoms with Crippen LogP contribution in [-0.4, -0.2) is 23.5 Å². The first-order valence-electron chi connectivity index (χ1n) is 11.5. The molecule has 0 N–H and O–H groups in total. The second kappa shape index (κ2) is 9.60. The van der Waals surface area contributed by atoms with Gasteiger partial charge in [0.05, 0.1) is 33.6 Å². The summed E-state index contributed by atoms with van der Waals surface area (Å²) >= 11 is 3.18. The van der Waals surface area contributed by atoms with Gasteiger partial charge in [-0.2, -0.15) is 0 Å². The Labute approximate surface area is 216 Å². The van der Waals surface area contributed by atoms with Gasteiger partial charge in [-0.05, 0) is 42.5 Å². The second-order valence-corrected chi connectivity index (χ2v) is 10.3. The lowest BCUT2D eigenvalue weighted by Crippen LogP contribution is -2.29. The monoisotopic (exact) mass is 508 g/mol. The average molecular weight is 509 g/mol. The molecule has 4 aromatic carbocycles. The summed E-state index contributed by atoms with van der Waals surface area (Å²) in [5.41, 5.74) is 3.75. The van der Waals surface area contributed by atoms with Gasteiger partial charge in [-0.25, -0.2) is 9.78 Å². The van der Waals surface area contributed by atoms with Crippen molar-refractivity contribution in [1.82, 2.24) is 4.98 Å². The standard InChI is InChI=1S/C29H20N2O3S2/c32-27(31-22-12-4-7-15-25(22)35-26-16-8-5-13-23(26)31)17-18-34-29(33)20-10-2-1-9-19(20)28-30-21-11-3-6-14-24(21)36-28/h1-16H,17-18H2. The van der Waals surface area contributed by atoms with Crippen LogP contribution in [0.25, 0.3) is 20.8 Å². The lowest BCUT2D eigenvalue weighted by Gasteiger charge is -2.31. The van der Waals surface area contributed by atoms with E-state index in [1.807, 2.05) is 84.9 Å². The van der Waals surface area contributed by atoms with E-state index in [9.17, 15) is 9.59 Å². The van der Waals surface area contributed by atoms with Crippen LogP contribution in [0.4, 0.5) is 11.4 Å². The smallest absolute Gasteiger partial charge is 0.338 e. The molecule has 2 heterocycles. The molecule has 7 heteroatoms. The number of thiazole rings is 1. The van der Waals surface area contributed by atoms with Gasteiger partial charge in [-0.3, -0.25) is 9.69 Å². The quantitative estimate of drug-likeness (QED) is 0.233. The fourth-order valence-electron chi connectivity index (χ4n) is 4.23. The Hall–Kier alpha value is -3.94. The van der Waals surface area contributed by atoms with Crippen molar-refractivity contribution < 1.29 is 14.3 Å². The Morgan fingerprint density at radius 3 is 2.17 bits per heavy atom. The molecule has 0 fully saturated rings. The molecule has 1 aliphatic rings. The molecule has 0 aliphatic carbocycles. The van der Waals surface area contributed by atoms with Crippen LogP contribution in [0.5, 0.6) is 0 Å². The van der Waals surface area contributed by atoms with Crippen LogP contribution in [-0.2, 0) is 9.53 Å². The van der Waals surface area contributed by atoms with E-state index in [1.54, 1.807) is 28.8 Å². The molecule has 1 amide bonds. The highest BCUT2D eigenvalue weighted by atomic mass is 32.2. The predicted octanol–water partition coefficient (Wildman–Crippen LogP) is 7.34. The van der Waals surface area contributed by atoms with Gasteiger partial charge in [0.2, 0.25) is 5.91 Å². The van der Waals surface area contributed by atoms with Crippen molar-refractivity contribution in [2.75, 3.05) is 11.5 Å². The summed E-state index contributed by atoms with van der Waals surface area (Å²) in [5.74, 6) is -0.588. The normalized spacial score (nSPS) is 12.2. The van der Waals surface area contributed by atoms with E-state index in [4.69, 9.17) is 4.74 Å². The number of rotatable bonds is 5. The van der Waals surface area contributed by atoms with Crippen LogP contribution in [0, 0.1) is 0 Å². The molecule has 5 aromatic rings. The van der Waals surface area contributed by atoms with Crippen LogP contribution < -0.4 is 4.90 Å². The number of amides is 1. The second-order valence-electron chi connectivity index (χ2n) is 8.18. The van der Waals surface area contributed by atoms with Gasteiger partial charge in [-0.1, -0.05) is 66.4 Å². The molecular formula is C29H20N2O3S2. The highest BCUT2D eigenvalue weighted by Gasteiger charge is 2.28. The van der Waals surface area contributed by atoms with E-state index in [0.29, 0.717) is 5.56 Å². The van der Waals surface area contributed by atoms with Crippen LogP contribution in [0.2, 0.25) is 0 Å². The van der Waals surface area contributed by atoms with Gasteiger partial charge in [0.1, 0.15) is 11.6 Å². The summed E-state index contributed by atoms with van der Waals surface area (Å²) in [4.78, 5) is 34.8. The Balaban J connectivity index is 1.19. The van der Waals surface area contributed by atoms with Crippen LogP contribution in [0.15, 0.2) is 107 Å². The molecule has 0 saturated heterocycles. The zero-order valence-electron chi connectivity index (χ0n) is 19.1. The Morgan fingerprint density at radius 1 is 0.778 bits per heavy atom. The molecule has 5 nitrogen and oxygen atoms in total. The molecule has 0 saturated carbocycles. The number of carbonyl (C=O) groups excluding carboxylic acids is 2. The number of para-hydroxylation sites is 3. The lowest BCUT2D eigenvalue weighted by atomic mass is 10.1. The highest BCUT2D eigenvalue weighted by molar-refractivity contribution is 7.99. The molecular weight excluding hydrogens is 488 g/mol. The Kier molecular flexibility index (Phi) is 6.01. The first-order valence-corrected chi connectivity index (χ1v) is 13.1. The molecule has 1 aliphatic heterocycles. The SMILES string of the molecule is O=C(OCCC(=O)N1c2ccccc2Sc2ccccc21)c1ccccc1-c1nc2ccccc2s1. The van der Waals surface area contributed by atoms with Gasteiger partial charge in [-0.15, -0.1) is 11.3 Å². The summed E-state index contributed by atoms with van der Waals surface area (Å²) in [7, 11) is 0. The number of hydrogen-bond donors (Lipinski definition) is 0. The third kappa shape index (κ3) is 4.17. The van der Waals surface area contributed by atoms with E-state index >= 15 is 0 Å². The fourth-order valence-corrected chi connectivity index (χ4v) is 6.29. The van der Waals surface area contributed by atoms with Crippen molar-refractivity contribution in [2.24, 2.45) is 0 Å². The van der Waals surface area contributed by atoms with E-state index in [-0.39, 0.29) is 18.9 Å². The van der Waals surface area contributed by atoms with Crippen molar-refractivity contribution in [3.8, 4) is 10.6 Å². The Morgan fingerprint density at radius 2 is 1.42 bits per heavy atom. The average Bonchev–Trinajstić information content (AvgIpc) is 3.36. The number of anilines is 2. The van der Waals surface area contributed by atoms with Gasteiger partial charge < -0.3 is 4.74 Å². The topological polar surface area (TPSA) is 59.5 Å². The minimum atomic E-state index is -0.465. The van der Waals surface area contributed by atoms with Gasteiger partial charge >= 0.3 is 5.97 Å². The number of benzene rings is 4. The third-order valence-corrected chi connectivity index (χ3v) is 8.10. The molecule has 176 valence electrons. The summed E-state index contributed by atoms with van der Waals surface area (Å²) in [6.45, 7) is -0.0141. The van der Waals surface area contributed by atoms with E-state index in [2.05, 4.69) is 4.98 Å². The number of nitrogens with zero attached hydrogens (tertiary/aromatic N) is 2. The van der Waals surface area contributed by atoms with Crippen LogP contribution in [0.1, 0.15) is 16.8 Å². The highest BCUT2D eigenvalue weighted by Crippen LogP contribution is 2.48. The summed E-state index contributed by atoms with van der Waals surface area (Å²) in [5, 5.41) is 0.763. The van der Waals surface area contributed by atoms with Crippen molar-refractivity contribution in [3.05, 3.63) is 103 Å². The van der Waals surface area contributed by atoms with Gasteiger partial charge in [0.25, 0.3) is 0 Å². The van der Waals surface area contributed by atoms with E-state index in [0.717, 1.165) is 42.0 Å². The molecule has 1 aromatic heterocycles. The van der Waals surface area contributed by atoms with Crippen LogP contribution in [0.3, 0.4) is 0 Å². The van der Waals surface area contributed by atoms with Crippen molar-refractivity contribution in [1.29, 1.82) is 0 Å². The first-order chi connectivity index (χ1) is 17.7. The third-order valence-electron chi connectivity index (χ3n) is 5.90. The zero-order valence-corrected chi connectivity index (χ0v) is 20.7. The zero-order chi connectivity index (χ0) is 24.5. The number of fused-ring (bicyclic) bond motifs is 3. The van der Waals surface area contributed by atoms with Gasteiger partial charge in [0, 0.05) is 15.4 Å². The predicted molar refractivity (Wildman–Crippen MR) is 144 cm³/mol. The van der Waals surface area contributed by atoms with Crippen LogP contribution >= 0.6 is 23.1 Å². The number of carbonyl (C=O) groups is 2. The van der Waals surface area contributed by atoms with E-state index < -0.39 is 5.97 Å². The summed E-state index contributed by atoms with van der Waals surface area (Å²) in [6, 6.07) is 30.9. The number of ether oxygens (including phenoxy) is 1. The van der Waals surface area contributed by atoms with Crippen molar-refractivity contribution >= 4 is 56.6 Å². The molecule has 0 radical (unpaired) electrons. The number of hydrogen-bond acceptors (Lipinski definition) is 6.